The van der Waals surface area contributed by atoms with E-state index in [0.717, 1.165) is 27.2 Å². The lowest BCUT2D eigenvalue weighted by molar-refractivity contribution is -0.145. The van der Waals surface area contributed by atoms with Gasteiger partial charge in [-0.25, -0.2) is 9.97 Å². The molecule has 0 saturated carbocycles. The highest BCUT2D eigenvalue weighted by Gasteiger charge is 2.16. The molecule has 0 bridgehead atoms. The molecule has 0 aromatic carbocycles. The minimum Gasteiger partial charge on any atom is -0.455 e. The number of thioether (sulfide) groups is 1. The highest BCUT2D eigenvalue weighted by atomic mass is 32.2. The van der Waals surface area contributed by atoms with Gasteiger partial charge in [0.15, 0.2) is 6.61 Å². The van der Waals surface area contributed by atoms with Crippen LogP contribution in [0.1, 0.15) is 36.5 Å². The van der Waals surface area contributed by atoms with Crippen molar-refractivity contribution in [2.75, 3.05) is 18.9 Å². The molecule has 0 fully saturated rings. The van der Waals surface area contributed by atoms with Crippen molar-refractivity contribution < 1.29 is 14.3 Å². The lowest BCUT2D eigenvalue weighted by atomic mass is 10.1. The summed E-state index contributed by atoms with van der Waals surface area (Å²) < 4.78 is 5.05. The van der Waals surface area contributed by atoms with Gasteiger partial charge in [0, 0.05) is 16.8 Å². The van der Waals surface area contributed by atoms with Crippen LogP contribution in [0.2, 0.25) is 0 Å². The first-order valence-corrected chi connectivity index (χ1v) is 10.4. The van der Waals surface area contributed by atoms with Gasteiger partial charge in [-0.1, -0.05) is 25.6 Å². The Morgan fingerprint density at radius 1 is 1.23 bits per heavy atom. The number of hydrogen-bond acceptors (Lipinski definition) is 7. The van der Waals surface area contributed by atoms with Crippen LogP contribution in [0.4, 0.5) is 0 Å². The number of nitrogens with zero attached hydrogens (tertiary/aromatic N) is 2. The van der Waals surface area contributed by atoms with E-state index in [2.05, 4.69) is 36.1 Å². The zero-order valence-corrected chi connectivity index (χ0v) is 17.5. The summed E-state index contributed by atoms with van der Waals surface area (Å²) in [6, 6.07) is 0. The zero-order valence-electron chi connectivity index (χ0n) is 15.8. The van der Waals surface area contributed by atoms with E-state index in [1.54, 1.807) is 11.3 Å². The van der Waals surface area contributed by atoms with Crippen LogP contribution in [-0.2, 0) is 14.3 Å². The van der Waals surface area contributed by atoms with Crippen LogP contribution in [-0.4, -0.2) is 40.7 Å². The number of esters is 1. The zero-order chi connectivity index (χ0) is 19.3. The SMILES string of the molecule is Cc1nc(SCC(=O)OCC(=O)NCCC(C)C)c2c(C)c(C)sc2n1. The minimum atomic E-state index is -0.428. The molecule has 2 aromatic rings. The number of nitrogens with one attached hydrogen (secondary N) is 1. The van der Waals surface area contributed by atoms with Crippen molar-refractivity contribution in [3.8, 4) is 0 Å². The summed E-state index contributed by atoms with van der Waals surface area (Å²) in [6.07, 6.45) is 0.901. The minimum absolute atomic E-state index is 0.110. The molecule has 8 heteroatoms. The van der Waals surface area contributed by atoms with Gasteiger partial charge in [0.2, 0.25) is 0 Å². The quantitative estimate of drug-likeness (QED) is 0.419. The third-order valence-corrected chi connectivity index (χ3v) is 5.89. The standard InChI is InChI=1S/C18H25N3O3S2/c1-10(2)6-7-19-14(22)8-24-15(23)9-25-17-16-11(3)12(4)26-18(16)21-13(5)20-17/h10H,6-9H2,1-5H3,(H,19,22). The number of aryl methyl sites for hydroxylation is 3. The first-order chi connectivity index (χ1) is 12.3. The second-order valence-electron chi connectivity index (χ2n) is 6.52. The molecule has 0 radical (unpaired) electrons. The molecule has 2 rings (SSSR count). The van der Waals surface area contributed by atoms with Crippen LogP contribution in [0.3, 0.4) is 0 Å². The fourth-order valence-corrected chi connectivity index (χ4v) is 4.35. The predicted molar refractivity (Wildman–Crippen MR) is 106 cm³/mol. The largest absolute Gasteiger partial charge is 0.455 e. The maximum Gasteiger partial charge on any atom is 0.316 e. The molecule has 0 aliphatic rings. The maximum atomic E-state index is 12.0. The van der Waals surface area contributed by atoms with Crippen molar-refractivity contribution >= 4 is 45.2 Å². The summed E-state index contributed by atoms with van der Waals surface area (Å²) in [5.41, 5.74) is 1.14. The van der Waals surface area contributed by atoms with Crippen LogP contribution in [0.25, 0.3) is 10.2 Å². The molecule has 0 aliphatic heterocycles. The van der Waals surface area contributed by atoms with Crippen molar-refractivity contribution in [1.82, 2.24) is 15.3 Å². The molecular formula is C18H25N3O3S2. The van der Waals surface area contributed by atoms with Crippen molar-refractivity contribution in [1.29, 1.82) is 0 Å². The number of amides is 1. The number of hydrogen-bond donors (Lipinski definition) is 1. The third kappa shape index (κ3) is 5.67. The fourth-order valence-electron chi connectivity index (χ4n) is 2.29. The highest BCUT2D eigenvalue weighted by molar-refractivity contribution is 8.00. The Labute approximate surface area is 162 Å². The summed E-state index contributed by atoms with van der Waals surface area (Å²) in [4.78, 5) is 34.7. The molecule has 26 heavy (non-hydrogen) atoms. The van der Waals surface area contributed by atoms with Gasteiger partial charge in [-0.2, -0.15) is 0 Å². The van der Waals surface area contributed by atoms with Crippen molar-refractivity contribution in [2.24, 2.45) is 5.92 Å². The van der Waals surface area contributed by atoms with E-state index in [1.165, 1.54) is 16.6 Å². The summed E-state index contributed by atoms with van der Waals surface area (Å²) in [5.74, 6) is 0.612. The van der Waals surface area contributed by atoms with Gasteiger partial charge in [0.1, 0.15) is 15.7 Å². The monoisotopic (exact) mass is 395 g/mol. The topological polar surface area (TPSA) is 81.2 Å². The Balaban J connectivity index is 1.88. The third-order valence-electron chi connectivity index (χ3n) is 3.84. The Morgan fingerprint density at radius 2 is 1.96 bits per heavy atom. The van der Waals surface area contributed by atoms with E-state index < -0.39 is 5.97 Å². The molecule has 0 aliphatic carbocycles. The molecule has 2 heterocycles. The smallest absolute Gasteiger partial charge is 0.316 e. The number of aromatic nitrogens is 2. The van der Waals surface area contributed by atoms with Gasteiger partial charge in [0.05, 0.1) is 5.75 Å². The second kappa shape index (κ2) is 9.32. The van der Waals surface area contributed by atoms with Crippen LogP contribution < -0.4 is 5.32 Å². The first-order valence-electron chi connectivity index (χ1n) is 8.57. The molecule has 1 amide bonds. The van der Waals surface area contributed by atoms with Gasteiger partial charge in [-0.15, -0.1) is 11.3 Å². The molecule has 0 saturated heterocycles. The molecule has 0 spiro atoms. The van der Waals surface area contributed by atoms with E-state index in [-0.39, 0.29) is 18.3 Å². The second-order valence-corrected chi connectivity index (χ2v) is 8.69. The number of carbonyl (C=O) groups is 2. The summed E-state index contributed by atoms with van der Waals surface area (Å²) in [7, 11) is 0. The number of rotatable bonds is 8. The average Bonchev–Trinajstić information content (AvgIpc) is 2.84. The van der Waals surface area contributed by atoms with Gasteiger partial charge < -0.3 is 10.1 Å². The molecule has 0 unspecified atom stereocenters. The van der Waals surface area contributed by atoms with Crippen molar-refractivity contribution in [3.63, 3.8) is 0 Å². The van der Waals surface area contributed by atoms with Gasteiger partial charge in [-0.3, -0.25) is 9.59 Å². The van der Waals surface area contributed by atoms with E-state index in [0.29, 0.717) is 18.3 Å². The molecule has 6 nitrogen and oxygen atoms in total. The van der Waals surface area contributed by atoms with Crippen LogP contribution in [0, 0.1) is 26.7 Å². The Bertz CT molecular complexity index is 803. The lowest BCUT2D eigenvalue weighted by Crippen LogP contribution is -2.30. The number of fused-ring (bicyclic) bond motifs is 1. The predicted octanol–water partition coefficient (Wildman–Crippen LogP) is 3.41. The normalized spacial score (nSPS) is 11.2. The summed E-state index contributed by atoms with van der Waals surface area (Å²) >= 11 is 2.95. The highest BCUT2D eigenvalue weighted by Crippen LogP contribution is 2.35. The van der Waals surface area contributed by atoms with Gasteiger partial charge >= 0.3 is 5.97 Å². The van der Waals surface area contributed by atoms with Crippen LogP contribution in [0.15, 0.2) is 5.03 Å². The maximum absolute atomic E-state index is 12.0. The molecule has 1 N–H and O–H groups in total. The van der Waals surface area contributed by atoms with Crippen LogP contribution >= 0.6 is 23.1 Å². The van der Waals surface area contributed by atoms with E-state index in [9.17, 15) is 9.59 Å². The number of ether oxygens (including phenoxy) is 1. The summed E-state index contributed by atoms with van der Waals surface area (Å²) in [5, 5.41) is 4.53. The first kappa shape index (κ1) is 20.6. The Morgan fingerprint density at radius 3 is 2.65 bits per heavy atom. The molecule has 0 atom stereocenters. The molecular weight excluding hydrogens is 370 g/mol. The summed E-state index contributed by atoms with van der Waals surface area (Å²) in [6.45, 7) is 10.5. The van der Waals surface area contributed by atoms with Crippen molar-refractivity contribution in [2.45, 2.75) is 46.1 Å². The number of thiophene rings is 1. The molecule has 142 valence electrons. The molecule has 2 aromatic heterocycles. The fraction of sp³-hybridized carbons (Fsp3) is 0.556. The number of carbonyl (C=O) groups excluding carboxylic acids is 2. The van der Waals surface area contributed by atoms with E-state index in [4.69, 9.17) is 4.74 Å². The van der Waals surface area contributed by atoms with Crippen molar-refractivity contribution in [3.05, 3.63) is 16.3 Å². The Hall–Kier alpha value is -1.67. The van der Waals surface area contributed by atoms with Gasteiger partial charge in [-0.05, 0) is 38.7 Å². The van der Waals surface area contributed by atoms with E-state index >= 15 is 0 Å². The lowest BCUT2D eigenvalue weighted by Gasteiger charge is -2.08. The van der Waals surface area contributed by atoms with Gasteiger partial charge in [0.25, 0.3) is 5.91 Å². The Kier molecular flexibility index (Phi) is 7.40. The van der Waals surface area contributed by atoms with E-state index in [1.807, 2.05) is 13.8 Å². The average molecular weight is 396 g/mol. The van der Waals surface area contributed by atoms with Crippen LogP contribution in [0.5, 0.6) is 0 Å².